The molecule has 1 aliphatic heterocycles. The van der Waals surface area contributed by atoms with E-state index in [9.17, 15) is 14.4 Å². The Hall–Kier alpha value is -3.46. The van der Waals surface area contributed by atoms with Gasteiger partial charge < -0.3 is 4.84 Å². The number of imide groups is 1. The summed E-state index contributed by atoms with van der Waals surface area (Å²) in [6.45, 7) is 1.59. The molecular weight excluding hydrogens is 296 g/mol. The first-order chi connectivity index (χ1) is 11.0. The Balaban J connectivity index is 1.90. The zero-order valence-corrected chi connectivity index (χ0v) is 12.1. The number of carbonyl (C=O) groups excluding carboxylic acids is 3. The number of nitrogens with zero attached hydrogens (tertiary/aromatic N) is 2. The highest BCUT2D eigenvalue weighted by Crippen LogP contribution is 2.24. The summed E-state index contributed by atoms with van der Waals surface area (Å²) in [6, 6.07) is 12.7. The van der Waals surface area contributed by atoms with E-state index in [1.165, 1.54) is 24.3 Å². The second-order valence-electron chi connectivity index (χ2n) is 4.92. The van der Waals surface area contributed by atoms with Crippen LogP contribution in [0.1, 0.15) is 42.2 Å². The SMILES string of the molecule is Cc1c(C#N)cccc1C(=O)ON1C(=O)c2ccccc2C1=O. The van der Waals surface area contributed by atoms with Gasteiger partial charge in [-0.05, 0) is 36.8 Å². The minimum Gasteiger partial charge on any atom is -0.324 e. The minimum atomic E-state index is -0.867. The Bertz CT molecular complexity index is 861. The van der Waals surface area contributed by atoms with Gasteiger partial charge in [0.1, 0.15) is 0 Å². The van der Waals surface area contributed by atoms with E-state index in [4.69, 9.17) is 10.1 Å². The van der Waals surface area contributed by atoms with Crippen LogP contribution in [0, 0.1) is 18.3 Å². The van der Waals surface area contributed by atoms with E-state index in [0.29, 0.717) is 16.2 Å². The molecular formula is C17H10N2O4. The van der Waals surface area contributed by atoms with E-state index < -0.39 is 17.8 Å². The number of hydrogen-bond donors (Lipinski definition) is 0. The quantitative estimate of drug-likeness (QED) is 0.794. The normalized spacial score (nSPS) is 12.8. The summed E-state index contributed by atoms with van der Waals surface area (Å²) in [5.74, 6) is -2.24. The van der Waals surface area contributed by atoms with Gasteiger partial charge in [-0.1, -0.05) is 23.3 Å². The van der Waals surface area contributed by atoms with Gasteiger partial charge >= 0.3 is 5.97 Å². The lowest BCUT2D eigenvalue weighted by Gasteiger charge is -2.13. The van der Waals surface area contributed by atoms with Gasteiger partial charge in [-0.2, -0.15) is 5.26 Å². The molecule has 0 saturated heterocycles. The Labute approximate surface area is 131 Å². The van der Waals surface area contributed by atoms with Crippen molar-refractivity contribution >= 4 is 17.8 Å². The van der Waals surface area contributed by atoms with Crippen molar-refractivity contribution in [1.29, 1.82) is 5.26 Å². The van der Waals surface area contributed by atoms with Crippen molar-refractivity contribution in [3.8, 4) is 6.07 Å². The average Bonchev–Trinajstić information content (AvgIpc) is 2.80. The lowest BCUT2D eigenvalue weighted by atomic mass is 10.0. The van der Waals surface area contributed by atoms with Gasteiger partial charge in [-0.3, -0.25) is 9.59 Å². The highest BCUT2D eigenvalue weighted by atomic mass is 16.7. The van der Waals surface area contributed by atoms with E-state index in [1.807, 2.05) is 6.07 Å². The van der Waals surface area contributed by atoms with E-state index in [-0.39, 0.29) is 16.7 Å². The highest BCUT2D eigenvalue weighted by molar-refractivity contribution is 6.21. The Morgan fingerprint density at radius 2 is 1.65 bits per heavy atom. The monoisotopic (exact) mass is 306 g/mol. The van der Waals surface area contributed by atoms with Crippen molar-refractivity contribution in [2.24, 2.45) is 0 Å². The van der Waals surface area contributed by atoms with Crippen LogP contribution >= 0.6 is 0 Å². The lowest BCUT2D eigenvalue weighted by molar-refractivity contribution is -0.0585. The predicted molar refractivity (Wildman–Crippen MR) is 78.3 cm³/mol. The molecule has 0 bridgehead atoms. The van der Waals surface area contributed by atoms with Gasteiger partial charge in [-0.25, -0.2) is 4.79 Å². The number of amides is 2. The van der Waals surface area contributed by atoms with E-state index in [2.05, 4.69) is 0 Å². The third-order valence-corrected chi connectivity index (χ3v) is 3.61. The third kappa shape index (κ3) is 2.24. The molecule has 0 saturated carbocycles. The fraction of sp³-hybridized carbons (Fsp3) is 0.0588. The Morgan fingerprint density at radius 3 is 2.22 bits per heavy atom. The van der Waals surface area contributed by atoms with Crippen LogP contribution in [-0.2, 0) is 4.84 Å². The number of fused-ring (bicyclic) bond motifs is 1. The van der Waals surface area contributed by atoms with Crippen molar-refractivity contribution in [3.05, 3.63) is 70.3 Å². The summed E-state index contributed by atoms with van der Waals surface area (Å²) < 4.78 is 0. The van der Waals surface area contributed by atoms with Crippen LogP contribution in [0.15, 0.2) is 42.5 Å². The second-order valence-corrected chi connectivity index (χ2v) is 4.92. The van der Waals surface area contributed by atoms with Crippen molar-refractivity contribution in [2.75, 3.05) is 0 Å². The highest BCUT2D eigenvalue weighted by Gasteiger charge is 2.38. The van der Waals surface area contributed by atoms with Crippen LogP contribution in [0.2, 0.25) is 0 Å². The molecule has 23 heavy (non-hydrogen) atoms. The molecule has 0 atom stereocenters. The van der Waals surface area contributed by atoms with E-state index >= 15 is 0 Å². The topological polar surface area (TPSA) is 87.5 Å². The summed E-state index contributed by atoms with van der Waals surface area (Å²) in [5, 5.41) is 9.44. The first kappa shape index (κ1) is 14.5. The molecule has 6 heteroatoms. The molecule has 1 aliphatic rings. The fourth-order valence-electron chi connectivity index (χ4n) is 2.36. The summed E-state index contributed by atoms with van der Waals surface area (Å²) in [4.78, 5) is 41.5. The fourth-order valence-corrected chi connectivity index (χ4v) is 2.36. The molecule has 0 unspecified atom stereocenters. The van der Waals surface area contributed by atoms with Crippen molar-refractivity contribution in [1.82, 2.24) is 5.06 Å². The maximum absolute atomic E-state index is 12.3. The molecule has 0 N–H and O–H groups in total. The average molecular weight is 306 g/mol. The molecule has 1 heterocycles. The van der Waals surface area contributed by atoms with Gasteiger partial charge in [0.15, 0.2) is 0 Å². The van der Waals surface area contributed by atoms with Crippen LogP contribution < -0.4 is 0 Å². The number of benzene rings is 2. The van der Waals surface area contributed by atoms with Crippen molar-refractivity contribution in [3.63, 3.8) is 0 Å². The Kier molecular flexibility index (Phi) is 3.39. The zero-order valence-electron chi connectivity index (χ0n) is 12.1. The van der Waals surface area contributed by atoms with E-state index in [0.717, 1.165) is 0 Å². The van der Waals surface area contributed by atoms with Gasteiger partial charge in [0.2, 0.25) is 0 Å². The third-order valence-electron chi connectivity index (χ3n) is 3.61. The molecule has 0 aliphatic carbocycles. The first-order valence-electron chi connectivity index (χ1n) is 6.74. The van der Waals surface area contributed by atoms with Crippen LogP contribution in [-0.4, -0.2) is 22.8 Å². The largest absolute Gasteiger partial charge is 0.364 e. The number of carbonyl (C=O) groups is 3. The minimum absolute atomic E-state index is 0.126. The molecule has 6 nitrogen and oxygen atoms in total. The lowest BCUT2D eigenvalue weighted by Crippen LogP contribution is -2.32. The molecule has 0 fully saturated rings. The molecule has 2 aromatic rings. The molecule has 2 amide bonds. The van der Waals surface area contributed by atoms with Crippen LogP contribution in [0.3, 0.4) is 0 Å². The first-order valence-corrected chi connectivity index (χ1v) is 6.74. The van der Waals surface area contributed by atoms with Crippen molar-refractivity contribution < 1.29 is 19.2 Å². The number of hydrogen-bond acceptors (Lipinski definition) is 5. The number of hydroxylamine groups is 2. The smallest absolute Gasteiger partial charge is 0.324 e. The molecule has 0 spiro atoms. The standard InChI is InChI=1S/C17H10N2O4/c1-10-11(9-18)5-4-8-12(10)17(22)23-19-15(20)13-6-2-3-7-14(13)16(19)21/h2-8H,1H3. The van der Waals surface area contributed by atoms with E-state index in [1.54, 1.807) is 25.1 Å². The molecule has 2 aromatic carbocycles. The van der Waals surface area contributed by atoms with Crippen LogP contribution in [0.25, 0.3) is 0 Å². The predicted octanol–water partition coefficient (Wildman–Crippen LogP) is 2.23. The van der Waals surface area contributed by atoms with Crippen LogP contribution in [0.4, 0.5) is 0 Å². The van der Waals surface area contributed by atoms with Gasteiger partial charge in [0, 0.05) is 0 Å². The maximum atomic E-state index is 12.3. The van der Waals surface area contributed by atoms with Crippen LogP contribution in [0.5, 0.6) is 0 Å². The molecule has 0 aromatic heterocycles. The summed E-state index contributed by atoms with van der Waals surface area (Å²) in [7, 11) is 0. The summed E-state index contributed by atoms with van der Waals surface area (Å²) in [5.41, 5.74) is 1.25. The second kappa shape index (κ2) is 5.39. The van der Waals surface area contributed by atoms with Crippen molar-refractivity contribution in [2.45, 2.75) is 6.92 Å². The summed E-state index contributed by atoms with van der Waals surface area (Å²) in [6.07, 6.45) is 0. The molecule has 3 rings (SSSR count). The Morgan fingerprint density at radius 1 is 1.04 bits per heavy atom. The van der Waals surface area contributed by atoms with Gasteiger partial charge in [-0.15, -0.1) is 0 Å². The maximum Gasteiger partial charge on any atom is 0.364 e. The molecule has 0 radical (unpaired) electrons. The summed E-state index contributed by atoms with van der Waals surface area (Å²) >= 11 is 0. The number of nitriles is 1. The molecule has 112 valence electrons. The zero-order chi connectivity index (χ0) is 16.6. The van der Waals surface area contributed by atoms with Gasteiger partial charge in [0.05, 0.1) is 28.3 Å². The van der Waals surface area contributed by atoms with Gasteiger partial charge in [0.25, 0.3) is 11.8 Å². The number of rotatable bonds is 2.